The summed E-state index contributed by atoms with van der Waals surface area (Å²) in [4.78, 5) is 0. The number of benzene rings is 1. The molecule has 0 unspecified atom stereocenters. The van der Waals surface area contributed by atoms with Gasteiger partial charge < -0.3 is 0 Å². The molecule has 13 heavy (non-hydrogen) atoms. The van der Waals surface area contributed by atoms with E-state index >= 15 is 0 Å². The van der Waals surface area contributed by atoms with Crippen LogP contribution in [-0.2, 0) is 25.8 Å². The van der Waals surface area contributed by atoms with Gasteiger partial charge in [0, 0.05) is 25.8 Å². The van der Waals surface area contributed by atoms with Crippen LogP contribution in [0.3, 0.4) is 0 Å². The molecule has 0 fully saturated rings. The zero-order chi connectivity index (χ0) is 6.97. The van der Waals surface area contributed by atoms with Gasteiger partial charge in [-0.1, -0.05) is 13.0 Å². The Morgan fingerprint density at radius 1 is 1.00 bits per heavy atom. The summed E-state index contributed by atoms with van der Waals surface area (Å²) in [5.41, 5.74) is 1.37. The Morgan fingerprint density at radius 2 is 1.62 bits per heavy atom. The summed E-state index contributed by atoms with van der Waals surface area (Å²) in [6.07, 6.45) is 0. The van der Waals surface area contributed by atoms with Crippen LogP contribution in [0.4, 0.5) is 0 Å². The molecule has 0 atom stereocenters. The maximum atomic E-state index is 2.16. The maximum absolute atomic E-state index is 2.16. The van der Waals surface area contributed by atoms with Crippen molar-refractivity contribution in [1.29, 1.82) is 0 Å². The summed E-state index contributed by atoms with van der Waals surface area (Å²) in [6, 6.07) is 12.8. The molecule has 0 N–H and O–H groups in total. The van der Waals surface area contributed by atoms with Gasteiger partial charge in [0.1, 0.15) is 0 Å². The molecule has 0 nitrogen and oxygen atoms in total. The molecule has 3 heteroatoms. The first-order chi connectivity index (χ1) is 4.88. The van der Waals surface area contributed by atoms with Gasteiger partial charge in [-0.05, 0) is 0 Å². The largest absolute Gasteiger partial charge is 0.168 e. The van der Waals surface area contributed by atoms with Gasteiger partial charge in [0.25, 0.3) is 0 Å². The molecule has 0 aliphatic carbocycles. The fourth-order valence-electron chi connectivity index (χ4n) is 1.31. The normalized spacial score (nSPS) is 8.08. The third-order valence-corrected chi connectivity index (χ3v) is 1.90. The summed E-state index contributed by atoms with van der Waals surface area (Å²) in [6.45, 7) is 2.14. The molecule has 70 valence electrons. The molecule has 0 saturated heterocycles. The second-order valence-corrected chi connectivity index (χ2v) is 2.60. The fourth-order valence-corrected chi connectivity index (χ4v) is 1.31. The Bertz CT molecular complexity index is 354. The molecule has 0 radical (unpaired) electrons. The van der Waals surface area contributed by atoms with Gasteiger partial charge in [-0.25, -0.2) is 0 Å². The van der Waals surface area contributed by atoms with E-state index in [1.807, 2.05) is 0 Å². The van der Waals surface area contributed by atoms with Gasteiger partial charge >= 0.3 is 0 Å². The first-order valence-electron chi connectivity index (χ1n) is 3.49. The Labute approximate surface area is 132 Å². The van der Waals surface area contributed by atoms with Gasteiger partial charge in [0.15, 0.2) is 0 Å². The zero-order valence-electron chi connectivity index (χ0n) is 7.28. The van der Waals surface area contributed by atoms with E-state index < -0.39 is 0 Å². The van der Waals surface area contributed by atoms with E-state index in [4.69, 9.17) is 0 Å². The summed E-state index contributed by atoms with van der Waals surface area (Å²) >= 11 is 0. The van der Waals surface area contributed by atoms with Crippen LogP contribution >= 0.6 is 48.0 Å². The van der Waals surface area contributed by atoms with Crippen molar-refractivity contribution in [2.24, 2.45) is 0 Å². The molecule has 0 aromatic heterocycles. The molecule has 2 aromatic rings. The second-order valence-electron chi connectivity index (χ2n) is 2.60. The van der Waals surface area contributed by atoms with Crippen LogP contribution in [0.2, 0.25) is 0 Å². The molecular weight excluding hydrogens is 552 g/mol. The van der Waals surface area contributed by atoms with Gasteiger partial charge in [-0.3, -0.25) is 0 Å². The van der Waals surface area contributed by atoms with Crippen LogP contribution in [0.5, 0.6) is 0 Å². The molecule has 0 saturated carbocycles. The number of rotatable bonds is 0. The summed E-state index contributed by atoms with van der Waals surface area (Å²) in [5.74, 6) is 0. The van der Waals surface area contributed by atoms with E-state index in [9.17, 15) is 0 Å². The quantitative estimate of drug-likeness (QED) is 0.257. The van der Waals surface area contributed by atoms with Gasteiger partial charge in [0.05, 0.1) is 0 Å². The number of halogens is 2. The minimum atomic E-state index is 0. The Hall–Kier alpha value is 1.16. The summed E-state index contributed by atoms with van der Waals surface area (Å²) < 4.78 is 0. The monoisotopic (exact) mass is 565 g/mol. The summed E-state index contributed by atoms with van der Waals surface area (Å²) in [5, 5.41) is 2.72. The number of hydrogen-bond donors (Lipinski definition) is 0. The van der Waals surface area contributed by atoms with Crippen molar-refractivity contribution in [2.45, 2.75) is 6.92 Å². The fraction of sp³-hybridized carbons (Fsp3) is 0.100. The van der Waals surface area contributed by atoms with Gasteiger partial charge in [-0.15, -0.1) is 82.5 Å². The first kappa shape index (κ1) is 16.6. The van der Waals surface area contributed by atoms with E-state index in [1.165, 1.54) is 16.3 Å². The van der Waals surface area contributed by atoms with Crippen LogP contribution in [0, 0.1) is 6.92 Å². The van der Waals surface area contributed by atoms with Gasteiger partial charge in [0.2, 0.25) is 0 Å². The van der Waals surface area contributed by atoms with Crippen molar-refractivity contribution < 1.29 is 25.8 Å². The molecule has 0 bridgehead atoms. The first-order valence-corrected chi connectivity index (χ1v) is 3.49. The van der Waals surface area contributed by atoms with Crippen LogP contribution in [-0.4, -0.2) is 0 Å². The van der Waals surface area contributed by atoms with E-state index in [0.29, 0.717) is 0 Å². The van der Waals surface area contributed by atoms with E-state index in [2.05, 4.69) is 43.3 Å². The average Bonchev–Trinajstić information content (AvgIpc) is 2.34. The number of hydrogen-bond acceptors (Lipinski definition) is 0. The molecule has 0 amide bonds. The SMILES string of the molecule is C[c-]1ccc2ccccc21.I.I.[Hf]. The Balaban J connectivity index is 0. The van der Waals surface area contributed by atoms with Crippen molar-refractivity contribution in [3.05, 3.63) is 42.0 Å². The standard InChI is InChI=1S/C10H9.Hf.2HI/c1-8-6-7-9-4-2-3-5-10(8)9;;;/h2-7H,1H3;;2*1H/q-1;;;. The van der Waals surface area contributed by atoms with E-state index in [-0.39, 0.29) is 73.8 Å². The van der Waals surface area contributed by atoms with Crippen LogP contribution in [0.25, 0.3) is 10.8 Å². The van der Waals surface area contributed by atoms with Crippen LogP contribution in [0.1, 0.15) is 5.56 Å². The molecular formula is C10H11HfI2-. The number of aryl methyl sites for hydroxylation is 1. The minimum absolute atomic E-state index is 0. The zero-order valence-corrected chi connectivity index (χ0v) is 15.5. The third-order valence-electron chi connectivity index (χ3n) is 1.90. The molecule has 0 spiro atoms. The van der Waals surface area contributed by atoms with E-state index in [0.717, 1.165) is 0 Å². The predicted molar refractivity (Wildman–Crippen MR) is 75.1 cm³/mol. The van der Waals surface area contributed by atoms with Gasteiger partial charge in [-0.2, -0.15) is 12.1 Å². The third kappa shape index (κ3) is 3.66. The minimum Gasteiger partial charge on any atom is -0.168 e. The molecule has 0 heterocycles. The van der Waals surface area contributed by atoms with Crippen molar-refractivity contribution in [3.63, 3.8) is 0 Å². The van der Waals surface area contributed by atoms with Crippen LogP contribution < -0.4 is 0 Å². The number of fused-ring (bicyclic) bond motifs is 1. The van der Waals surface area contributed by atoms with Crippen molar-refractivity contribution in [1.82, 2.24) is 0 Å². The molecule has 2 rings (SSSR count). The maximum Gasteiger partial charge on any atom is 0 e. The molecule has 0 aliphatic heterocycles. The Kier molecular flexibility index (Phi) is 9.51. The Morgan fingerprint density at radius 3 is 2.23 bits per heavy atom. The molecule has 2 aromatic carbocycles. The van der Waals surface area contributed by atoms with E-state index in [1.54, 1.807) is 0 Å². The van der Waals surface area contributed by atoms with Crippen molar-refractivity contribution in [2.75, 3.05) is 0 Å². The summed E-state index contributed by atoms with van der Waals surface area (Å²) in [7, 11) is 0. The predicted octanol–water partition coefficient (Wildman–Crippen LogP) is 4.10. The van der Waals surface area contributed by atoms with Crippen molar-refractivity contribution >= 4 is 58.7 Å². The average molecular weight is 563 g/mol. The molecule has 0 aliphatic rings. The second kappa shape index (κ2) is 7.45. The van der Waals surface area contributed by atoms with Crippen molar-refractivity contribution in [3.8, 4) is 0 Å². The van der Waals surface area contributed by atoms with Crippen LogP contribution in [0.15, 0.2) is 36.4 Å². The topological polar surface area (TPSA) is 0 Å². The smallest absolute Gasteiger partial charge is 0 e.